The first-order chi connectivity index (χ1) is 20.4. The van der Waals surface area contributed by atoms with Crippen LogP contribution in [-0.2, 0) is 0 Å². The summed E-state index contributed by atoms with van der Waals surface area (Å²) >= 11 is 0. The van der Waals surface area contributed by atoms with E-state index in [4.69, 9.17) is 9.72 Å². The number of anilines is 1. The Morgan fingerprint density at radius 1 is 1.02 bits per heavy atom. The number of phenols is 1. The highest BCUT2D eigenvalue weighted by molar-refractivity contribution is 6.01. The second kappa shape index (κ2) is 9.70. The maximum atomic E-state index is 16.6. The minimum Gasteiger partial charge on any atom is -0.508 e. The van der Waals surface area contributed by atoms with Crippen LogP contribution >= 0.6 is 0 Å². The molecule has 4 atom stereocenters. The van der Waals surface area contributed by atoms with Gasteiger partial charge in [-0.3, -0.25) is 4.90 Å². The second-order valence-corrected chi connectivity index (χ2v) is 12.4. The van der Waals surface area contributed by atoms with Crippen LogP contribution in [-0.4, -0.2) is 76.6 Å². The van der Waals surface area contributed by atoms with Crippen molar-refractivity contribution < 1.29 is 23.0 Å². The van der Waals surface area contributed by atoms with Crippen LogP contribution in [0.5, 0.6) is 11.8 Å². The average Bonchev–Trinajstić information content (AvgIpc) is 3.62. The van der Waals surface area contributed by atoms with Gasteiger partial charge in [0.25, 0.3) is 0 Å². The highest BCUT2D eigenvalue weighted by atomic mass is 19.1. The Balaban J connectivity index is 1.27. The molecule has 0 spiro atoms. The van der Waals surface area contributed by atoms with Gasteiger partial charge >= 0.3 is 6.01 Å². The van der Waals surface area contributed by atoms with Crippen molar-refractivity contribution in [2.45, 2.75) is 55.9 Å². The summed E-state index contributed by atoms with van der Waals surface area (Å²) in [6.45, 7) is 2.74. The molecular weight excluding hydrogens is 543 g/mol. The first-order valence-electron chi connectivity index (χ1n) is 14.8. The largest absolute Gasteiger partial charge is 0.508 e. The predicted molar refractivity (Wildman–Crippen MR) is 155 cm³/mol. The zero-order chi connectivity index (χ0) is 28.6. The Hall–Kier alpha value is -3.63. The van der Waals surface area contributed by atoms with E-state index in [1.165, 1.54) is 12.1 Å². The minimum absolute atomic E-state index is 0.00383. The van der Waals surface area contributed by atoms with Gasteiger partial charge in [0, 0.05) is 43.5 Å². The third-order valence-corrected chi connectivity index (χ3v) is 9.71. The number of phenolic OH excluding ortho intramolecular Hbond substituents is 1. The molecule has 3 unspecified atom stereocenters. The number of benzene rings is 3. The summed E-state index contributed by atoms with van der Waals surface area (Å²) in [4.78, 5) is 13.5. The maximum absolute atomic E-state index is 16.6. The van der Waals surface area contributed by atoms with E-state index >= 15 is 8.78 Å². The zero-order valence-corrected chi connectivity index (χ0v) is 23.1. The Morgan fingerprint density at radius 3 is 2.67 bits per heavy atom. The van der Waals surface area contributed by atoms with Crippen molar-refractivity contribution in [1.82, 2.24) is 20.2 Å². The molecule has 4 aliphatic rings. The van der Waals surface area contributed by atoms with E-state index in [0.29, 0.717) is 42.6 Å². The average molecular weight is 576 g/mol. The number of alkyl halides is 1. The third kappa shape index (κ3) is 4.18. The molecule has 7 nitrogen and oxygen atoms in total. The lowest BCUT2D eigenvalue weighted by Crippen LogP contribution is -2.51. The fraction of sp³-hybridized carbons (Fsp3) is 0.438. The van der Waals surface area contributed by atoms with E-state index in [1.54, 1.807) is 24.3 Å². The van der Waals surface area contributed by atoms with Crippen LogP contribution < -0.4 is 15.0 Å². The fourth-order valence-corrected chi connectivity index (χ4v) is 7.83. The van der Waals surface area contributed by atoms with Crippen LogP contribution in [0.25, 0.3) is 32.8 Å². The lowest BCUT2D eigenvalue weighted by atomic mass is 9.95. The van der Waals surface area contributed by atoms with Gasteiger partial charge in [-0.05, 0) is 66.8 Å². The van der Waals surface area contributed by atoms with E-state index in [1.807, 2.05) is 6.07 Å². The lowest BCUT2D eigenvalue weighted by molar-refractivity contribution is 0.107. The first-order valence-corrected chi connectivity index (χ1v) is 14.8. The summed E-state index contributed by atoms with van der Waals surface area (Å²) in [5, 5.41) is 15.6. The number of aromatic nitrogens is 2. The molecule has 4 aliphatic heterocycles. The van der Waals surface area contributed by atoms with Crippen molar-refractivity contribution in [2.24, 2.45) is 0 Å². The number of nitrogens with zero attached hydrogens (tertiary/aromatic N) is 4. The Bertz CT molecular complexity index is 1710. The molecule has 0 saturated carbocycles. The van der Waals surface area contributed by atoms with Crippen LogP contribution in [0, 0.1) is 11.6 Å². The number of ether oxygens (including phenoxy) is 1. The summed E-state index contributed by atoms with van der Waals surface area (Å²) in [5.74, 6) is -1.24. The van der Waals surface area contributed by atoms with Crippen molar-refractivity contribution in [1.29, 1.82) is 0 Å². The highest BCUT2D eigenvalue weighted by Crippen LogP contribution is 2.42. The van der Waals surface area contributed by atoms with Crippen LogP contribution in [0.4, 0.5) is 19.0 Å². The SMILES string of the molecule is Oc1cc(-c2c(F)cc3c(N4CC5CCC(C4)N5)nc(OC[C@@]45CCCN4CC(F)C5)nc3c2F)c2ccccc2c1. The molecule has 4 saturated heterocycles. The summed E-state index contributed by atoms with van der Waals surface area (Å²) in [5.41, 5.74) is -0.479. The normalized spacial score (nSPS) is 27.3. The summed E-state index contributed by atoms with van der Waals surface area (Å²) in [7, 11) is 0. The first kappa shape index (κ1) is 26.0. The fourth-order valence-electron chi connectivity index (χ4n) is 7.83. The van der Waals surface area contributed by atoms with Gasteiger partial charge < -0.3 is 20.1 Å². The number of hydrogen-bond donors (Lipinski definition) is 2. The smallest absolute Gasteiger partial charge is 0.319 e. The molecule has 4 fully saturated rings. The molecule has 0 aliphatic carbocycles. The molecule has 10 heteroatoms. The Labute approximate surface area is 241 Å². The number of halogens is 3. The standard InChI is InChI=1S/C32H32F3N5O2/c33-19-13-32(8-3-9-40(32)14-19)17-42-31-37-29-25(30(38-31)39-15-20-6-7-21(16-39)36-20)12-26(34)27(28(29)35)24-11-22(41)10-18-4-1-2-5-23(18)24/h1-2,4-5,10-12,19-21,36,41H,3,6-9,13-17H2/t19?,20?,21?,32-/m0/s1. The second-order valence-electron chi connectivity index (χ2n) is 12.4. The molecule has 4 aromatic rings. The van der Waals surface area contributed by atoms with Crippen molar-refractivity contribution in [3.05, 3.63) is 54.1 Å². The molecule has 0 radical (unpaired) electrons. The number of aromatic hydroxyl groups is 1. The van der Waals surface area contributed by atoms with Gasteiger partial charge in [-0.15, -0.1) is 0 Å². The molecule has 2 N–H and O–H groups in total. The summed E-state index contributed by atoms with van der Waals surface area (Å²) in [6, 6.07) is 12.0. The molecule has 0 amide bonds. The van der Waals surface area contributed by atoms with E-state index in [9.17, 15) is 9.50 Å². The highest BCUT2D eigenvalue weighted by Gasteiger charge is 2.49. The summed E-state index contributed by atoms with van der Waals surface area (Å²) in [6.07, 6.45) is 3.35. The summed E-state index contributed by atoms with van der Waals surface area (Å²) < 4.78 is 53.2. The minimum atomic E-state index is -0.904. The number of fused-ring (bicyclic) bond motifs is 5. The van der Waals surface area contributed by atoms with Gasteiger partial charge in [0.05, 0.1) is 11.1 Å². The van der Waals surface area contributed by atoms with E-state index < -0.39 is 23.3 Å². The van der Waals surface area contributed by atoms with Gasteiger partial charge in [-0.1, -0.05) is 24.3 Å². The predicted octanol–water partition coefficient (Wildman–Crippen LogP) is 5.33. The van der Waals surface area contributed by atoms with E-state index in [2.05, 4.69) is 20.1 Å². The number of nitrogens with one attached hydrogen (secondary N) is 1. The molecule has 1 aromatic heterocycles. The number of hydrogen-bond acceptors (Lipinski definition) is 7. The van der Waals surface area contributed by atoms with Gasteiger partial charge in [0.15, 0.2) is 5.82 Å². The molecule has 3 aromatic carbocycles. The zero-order valence-electron chi connectivity index (χ0n) is 23.1. The van der Waals surface area contributed by atoms with Crippen LogP contribution in [0.1, 0.15) is 32.1 Å². The quantitative estimate of drug-likeness (QED) is 0.333. The van der Waals surface area contributed by atoms with E-state index in [-0.39, 0.29) is 52.5 Å². The van der Waals surface area contributed by atoms with E-state index in [0.717, 1.165) is 32.2 Å². The number of rotatable bonds is 5. The van der Waals surface area contributed by atoms with Crippen LogP contribution in [0.15, 0.2) is 42.5 Å². The lowest BCUT2D eigenvalue weighted by Gasteiger charge is -2.34. The molecular formula is C32H32F3N5O2. The van der Waals surface area contributed by atoms with Crippen molar-refractivity contribution in [3.63, 3.8) is 0 Å². The van der Waals surface area contributed by atoms with Gasteiger partial charge in [0.1, 0.15) is 35.7 Å². The topological polar surface area (TPSA) is 73.8 Å². The van der Waals surface area contributed by atoms with Crippen molar-refractivity contribution in [3.8, 4) is 22.9 Å². The van der Waals surface area contributed by atoms with Gasteiger partial charge in [0.2, 0.25) is 0 Å². The molecule has 42 heavy (non-hydrogen) atoms. The Kier molecular flexibility index (Phi) is 6.01. The molecule has 8 rings (SSSR count). The molecule has 5 heterocycles. The third-order valence-electron chi connectivity index (χ3n) is 9.71. The number of piperazine rings is 1. The van der Waals surface area contributed by atoms with Gasteiger partial charge in [-0.2, -0.15) is 9.97 Å². The molecule has 2 bridgehead atoms. The van der Waals surface area contributed by atoms with Crippen molar-refractivity contribution >= 4 is 27.5 Å². The van der Waals surface area contributed by atoms with Crippen LogP contribution in [0.3, 0.4) is 0 Å². The van der Waals surface area contributed by atoms with Crippen LogP contribution in [0.2, 0.25) is 0 Å². The van der Waals surface area contributed by atoms with Gasteiger partial charge in [-0.25, -0.2) is 13.2 Å². The Morgan fingerprint density at radius 2 is 1.83 bits per heavy atom. The maximum Gasteiger partial charge on any atom is 0.319 e. The monoisotopic (exact) mass is 575 g/mol. The molecule has 218 valence electrons. The van der Waals surface area contributed by atoms with Crippen molar-refractivity contribution in [2.75, 3.05) is 37.7 Å².